The molecule has 1 heterocycles. The smallest absolute Gasteiger partial charge is 0.179 e. The van der Waals surface area contributed by atoms with Gasteiger partial charge in [-0.2, -0.15) is 0 Å². The maximum atomic E-state index is 12.6. The van der Waals surface area contributed by atoms with Crippen molar-refractivity contribution in [3.63, 3.8) is 0 Å². The van der Waals surface area contributed by atoms with Gasteiger partial charge in [-0.3, -0.25) is 4.79 Å². The van der Waals surface area contributed by atoms with Crippen LogP contribution in [0.15, 0.2) is 18.2 Å². The van der Waals surface area contributed by atoms with E-state index in [2.05, 4.69) is 48.4 Å². The molecule has 0 aliphatic heterocycles. The number of carbonyl (C=O) groups excluding carboxylic acids is 1. The van der Waals surface area contributed by atoms with Gasteiger partial charge in [-0.15, -0.1) is 12.4 Å². The summed E-state index contributed by atoms with van der Waals surface area (Å²) >= 11 is 0. The molecule has 1 aromatic carbocycles. The van der Waals surface area contributed by atoms with Crippen LogP contribution in [-0.2, 0) is 13.0 Å². The number of halogens is 1. The number of hydrogen-bond acceptors (Lipinski definition) is 3. The van der Waals surface area contributed by atoms with E-state index in [-0.39, 0.29) is 18.2 Å². The fourth-order valence-electron chi connectivity index (χ4n) is 3.89. The van der Waals surface area contributed by atoms with Crippen molar-refractivity contribution in [1.29, 1.82) is 0 Å². The third kappa shape index (κ3) is 3.91. The zero-order chi connectivity index (χ0) is 17.3. The van der Waals surface area contributed by atoms with Crippen LogP contribution in [0.1, 0.15) is 48.3 Å². The molecule has 1 atom stereocenters. The molecule has 2 aromatic rings. The molecule has 4 nitrogen and oxygen atoms in total. The first kappa shape index (κ1) is 20.0. The summed E-state index contributed by atoms with van der Waals surface area (Å²) in [5, 5.41) is 11.8. The minimum Gasteiger partial charge on any atom is -0.390 e. The van der Waals surface area contributed by atoms with Crippen LogP contribution >= 0.6 is 12.4 Å². The number of aliphatic hydroxyl groups excluding tert-OH is 1. The van der Waals surface area contributed by atoms with Gasteiger partial charge >= 0.3 is 0 Å². The average molecular weight is 365 g/mol. The number of aromatic nitrogens is 1. The molecule has 0 fully saturated rings. The molecular weight excluding hydrogens is 336 g/mol. The molecule has 1 aromatic heterocycles. The number of likely N-dealkylation sites (N-methyl/N-ethyl adjacent to an activating group) is 1. The summed E-state index contributed by atoms with van der Waals surface area (Å²) < 4.78 is 2.07. The molecule has 0 amide bonds. The van der Waals surface area contributed by atoms with Crippen molar-refractivity contribution in [2.75, 3.05) is 19.6 Å². The quantitative estimate of drug-likeness (QED) is 0.851. The minimum absolute atomic E-state index is 0. The van der Waals surface area contributed by atoms with Gasteiger partial charge in [-0.05, 0) is 50.6 Å². The molecule has 138 valence electrons. The standard InChI is InChI=1S/C20H28N2O2.ClH/c1-4-21(5-2)12-15(23)13-22-18-10-9-14(3)11-17(18)16-7-6-8-19(24)20(16)22;/h9-11,15,23H,4-8,12-13H2,1-3H3;1H. The first-order valence-corrected chi connectivity index (χ1v) is 9.10. The van der Waals surface area contributed by atoms with Gasteiger partial charge in [-0.25, -0.2) is 0 Å². The highest BCUT2D eigenvalue weighted by molar-refractivity contribution is 6.04. The van der Waals surface area contributed by atoms with Gasteiger partial charge < -0.3 is 14.6 Å². The summed E-state index contributed by atoms with van der Waals surface area (Å²) in [6, 6.07) is 6.37. The summed E-state index contributed by atoms with van der Waals surface area (Å²) in [5.41, 5.74) is 4.31. The summed E-state index contributed by atoms with van der Waals surface area (Å²) in [4.78, 5) is 14.8. The first-order chi connectivity index (χ1) is 11.5. The zero-order valence-electron chi connectivity index (χ0n) is 15.4. The van der Waals surface area contributed by atoms with Crippen LogP contribution in [0.5, 0.6) is 0 Å². The molecule has 0 saturated heterocycles. The Kier molecular flexibility index (Phi) is 6.66. The maximum Gasteiger partial charge on any atom is 0.179 e. The van der Waals surface area contributed by atoms with Gasteiger partial charge in [0, 0.05) is 23.9 Å². The first-order valence-electron chi connectivity index (χ1n) is 9.10. The number of aliphatic hydroxyl groups is 1. The lowest BCUT2D eigenvalue weighted by molar-refractivity contribution is 0.0930. The molecule has 25 heavy (non-hydrogen) atoms. The topological polar surface area (TPSA) is 45.5 Å². The van der Waals surface area contributed by atoms with E-state index in [1.165, 1.54) is 16.5 Å². The lowest BCUT2D eigenvalue weighted by Gasteiger charge is -2.23. The van der Waals surface area contributed by atoms with E-state index < -0.39 is 6.10 Å². The highest BCUT2D eigenvalue weighted by Crippen LogP contribution is 2.33. The second-order valence-electron chi connectivity index (χ2n) is 6.87. The second-order valence-corrected chi connectivity index (χ2v) is 6.87. The Morgan fingerprint density at radius 3 is 2.64 bits per heavy atom. The Hall–Kier alpha value is -1.36. The second kappa shape index (κ2) is 8.35. The number of Topliss-reactive ketones (excluding diaryl/α,β-unsaturated/α-hetero) is 1. The fraction of sp³-hybridized carbons (Fsp3) is 0.550. The average Bonchev–Trinajstić information content (AvgIpc) is 2.87. The normalized spacial score (nSPS) is 15.3. The number of ketones is 1. The summed E-state index contributed by atoms with van der Waals surface area (Å²) in [7, 11) is 0. The molecule has 0 spiro atoms. The lowest BCUT2D eigenvalue weighted by atomic mass is 9.94. The van der Waals surface area contributed by atoms with E-state index in [1.807, 2.05) is 0 Å². The number of rotatable bonds is 6. The van der Waals surface area contributed by atoms with E-state index in [4.69, 9.17) is 0 Å². The predicted molar refractivity (Wildman–Crippen MR) is 105 cm³/mol. The number of benzene rings is 1. The summed E-state index contributed by atoms with van der Waals surface area (Å²) in [6.07, 6.45) is 2.04. The predicted octanol–water partition coefficient (Wildman–Crippen LogP) is 3.59. The Balaban J connectivity index is 0.00000225. The van der Waals surface area contributed by atoms with Crippen molar-refractivity contribution >= 4 is 29.1 Å². The van der Waals surface area contributed by atoms with Crippen molar-refractivity contribution in [1.82, 2.24) is 9.47 Å². The Labute approximate surface area is 156 Å². The van der Waals surface area contributed by atoms with Gasteiger partial charge in [0.1, 0.15) is 0 Å². The fourth-order valence-corrected chi connectivity index (χ4v) is 3.89. The number of fused-ring (bicyclic) bond motifs is 3. The summed E-state index contributed by atoms with van der Waals surface area (Å²) in [5.74, 6) is 0.222. The van der Waals surface area contributed by atoms with E-state index >= 15 is 0 Å². The number of nitrogens with zero attached hydrogens (tertiary/aromatic N) is 2. The molecule has 1 unspecified atom stereocenters. The van der Waals surface area contributed by atoms with E-state index in [1.54, 1.807) is 0 Å². The van der Waals surface area contributed by atoms with Crippen LogP contribution in [0.2, 0.25) is 0 Å². The number of hydrogen-bond donors (Lipinski definition) is 1. The third-order valence-corrected chi connectivity index (χ3v) is 5.18. The minimum atomic E-state index is -0.472. The highest BCUT2D eigenvalue weighted by Gasteiger charge is 2.27. The SMILES string of the molecule is CCN(CC)CC(O)Cn1c2c(c3cc(C)ccc31)CCCC2=O.Cl. The van der Waals surface area contributed by atoms with Crippen LogP contribution in [-0.4, -0.2) is 46.1 Å². The van der Waals surface area contributed by atoms with Gasteiger partial charge in [-0.1, -0.05) is 25.5 Å². The van der Waals surface area contributed by atoms with Crippen LogP contribution < -0.4 is 0 Å². The molecule has 1 N–H and O–H groups in total. The van der Waals surface area contributed by atoms with Gasteiger partial charge in [0.25, 0.3) is 0 Å². The molecular formula is C20H29ClN2O2. The summed E-state index contributed by atoms with van der Waals surface area (Å²) in [6.45, 7) is 9.28. The Morgan fingerprint density at radius 1 is 1.24 bits per heavy atom. The van der Waals surface area contributed by atoms with Crippen LogP contribution in [0, 0.1) is 6.92 Å². The van der Waals surface area contributed by atoms with E-state index in [0.717, 1.165) is 37.1 Å². The largest absolute Gasteiger partial charge is 0.390 e. The van der Waals surface area contributed by atoms with Gasteiger partial charge in [0.05, 0.1) is 18.3 Å². The lowest BCUT2D eigenvalue weighted by Crippen LogP contribution is -2.35. The number of carbonyl (C=O) groups is 1. The van der Waals surface area contributed by atoms with Crippen molar-refractivity contribution < 1.29 is 9.90 Å². The monoisotopic (exact) mass is 364 g/mol. The van der Waals surface area contributed by atoms with Gasteiger partial charge in [0.2, 0.25) is 0 Å². The molecule has 0 saturated carbocycles. The Bertz CT molecular complexity index is 750. The third-order valence-electron chi connectivity index (χ3n) is 5.18. The Morgan fingerprint density at radius 2 is 1.96 bits per heavy atom. The van der Waals surface area contributed by atoms with Crippen LogP contribution in [0.3, 0.4) is 0 Å². The molecule has 1 aliphatic rings. The highest BCUT2D eigenvalue weighted by atomic mass is 35.5. The van der Waals surface area contributed by atoms with E-state index in [0.29, 0.717) is 19.5 Å². The number of aryl methyl sites for hydroxylation is 2. The van der Waals surface area contributed by atoms with Crippen molar-refractivity contribution in [3.05, 3.63) is 35.0 Å². The van der Waals surface area contributed by atoms with Crippen molar-refractivity contribution in [3.8, 4) is 0 Å². The molecule has 3 rings (SSSR count). The maximum absolute atomic E-state index is 12.6. The molecule has 0 bridgehead atoms. The molecule has 5 heteroatoms. The van der Waals surface area contributed by atoms with Crippen LogP contribution in [0.4, 0.5) is 0 Å². The molecule has 1 aliphatic carbocycles. The van der Waals surface area contributed by atoms with Crippen molar-refractivity contribution in [2.45, 2.75) is 52.7 Å². The van der Waals surface area contributed by atoms with Gasteiger partial charge in [0.15, 0.2) is 5.78 Å². The molecule has 0 radical (unpaired) electrons. The van der Waals surface area contributed by atoms with Crippen LogP contribution in [0.25, 0.3) is 10.9 Å². The van der Waals surface area contributed by atoms with Crippen molar-refractivity contribution in [2.24, 2.45) is 0 Å². The zero-order valence-corrected chi connectivity index (χ0v) is 16.2. The van der Waals surface area contributed by atoms with E-state index in [9.17, 15) is 9.90 Å².